The van der Waals surface area contributed by atoms with Crippen molar-refractivity contribution in [1.29, 1.82) is 5.41 Å². The minimum absolute atomic E-state index is 0.00786. The van der Waals surface area contributed by atoms with Gasteiger partial charge in [0, 0.05) is 71.7 Å². The summed E-state index contributed by atoms with van der Waals surface area (Å²) in [5.74, 6) is -5.21. The molecule has 8 rings (SSSR count). The normalized spacial score (nSPS) is 14.4. The average Bonchev–Trinajstić information content (AvgIpc) is 3.25. The number of hydrogen-bond donors (Lipinski definition) is 7. The minimum Gasteiger partial charge on any atom is -0.507 e. The third kappa shape index (κ3) is 7.80. The van der Waals surface area contributed by atoms with Crippen molar-refractivity contribution in [3.63, 3.8) is 0 Å². The maximum Gasteiger partial charge on any atom is 0.336 e. The van der Waals surface area contributed by atoms with Crippen LogP contribution in [0.1, 0.15) is 77.4 Å². The minimum atomic E-state index is -1.42. The fourth-order valence-corrected chi connectivity index (χ4v) is 8.14. The van der Waals surface area contributed by atoms with E-state index in [9.17, 15) is 49.2 Å². The van der Waals surface area contributed by atoms with Crippen LogP contribution in [0.5, 0.6) is 11.5 Å². The number of nitrogens with one attached hydrogen (secondary N) is 3. The zero-order valence-corrected chi connectivity index (χ0v) is 33.7. The molecule has 16 nitrogen and oxygen atoms in total. The van der Waals surface area contributed by atoms with Crippen LogP contribution >= 0.6 is 0 Å². The summed E-state index contributed by atoms with van der Waals surface area (Å²) < 4.78 is 12.5. The van der Waals surface area contributed by atoms with Crippen molar-refractivity contribution in [1.82, 2.24) is 10.6 Å². The molecular weight excluding hydrogens is 813 g/mol. The Bertz CT molecular complexity index is 3040. The number of hydrogen-bond acceptors (Lipinski definition) is 11. The monoisotopic (exact) mass is 850 g/mol. The van der Waals surface area contributed by atoms with Crippen LogP contribution < -0.4 is 25.7 Å². The fourth-order valence-electron chi connectivity index (χ4n) is 8.14. The van der Waals surface area contributed by atoms with Gasteiger partial charge in [0.15, 0.2) is 5.43 Å². The molecule has 2 heterocycles. The number of carbonyl (C=O) groups excluding carboxylic acids is 2. The molecule has 0 bridgehead atoms. The third-order valence-electron chi connectivity index (χ3n) is 11.2. The number of benzene rings is 5. The molecular formula is C47H38N4O12. The molecule has 7 N–H and O–H groups in total. The van der Waals surface area contributed by atoms with Gasteiger partial charge in [0.05, 0.1) is 35.3 Å². The third-order valence-corrected chi connectivity index (χ3v) is 11.2. The molecule has 4 aliphatic rings. The van der Waals surface area contributed by atoms with Crippen molar-refractivity contribution in [2.75, 3.05) is 25.5 Å². The SMILES string of the molecule is CN(C)c1ccc2c(c1)OC1CC(=N)CCC1=C2c1ccc(C(=O)NCC(=O)NCc2c(O)ccc3c(-c4ccc(C(=O)O)cc4C(=O)O)c4ccc(=O)cc-4oc23)cc1C(=O)O. The highest BCUT2D eigenvalue weighted by atomic mass is 16.5. The predicted octanol–water partition coefficient (Wildman–Crippen LogP) is 6.24. The van der Waals surface area contributed by atoms with Crippen molar-refractivity contribution < 1.29 is 53.6 Å². The first-order valence-electron chi connectivity index (χ1n) is 19.6. The summed E-state index contributed by atoms with van der Waals surface area (Å²) in [4.78, 5) is 77.9. The number of nitrogens with zero attached hydrogens (tertiary/aromatic N) is 1. The predicted molar refractivity (Wildman–Crippen MR) is 230 cm³/mol. The van der Waals surface area contributed by atoms with Crippen LogP contribution in [0, 0.1) is 5.41 Å². The number of fused-ring (bicyclic) bond motifs is 4. The van der Waals surface area contributed by atoms with E-state index in [2.05, 4.69) is 10.6 Å². The Morgan fingerprint density at radius 3 is 2.17 bits per heavy atom. The Morgan fingerprint density at radius 2 is 1.44 bits per heavy atom. The number of carboxylic acids is 3. The summed E-state index contributed by atoms with van der Waals surface area (Å²) >= 11 is 0. The fraction of sp³-hybridized carbons (Fsp3) is 0.170. The number of carboxylic acid groups (broad SMARTS) is 3. The Hall–Kier alpha value is -8.27. The zero-order valence-electron chi connectivity index (χ0n) is 33.7. The van der Waals surface area contributed by atoms with Crippen LogP contribution in [-0.2, 0) is 11.3 Å². The standard InChI is InChI=1S/C47H38N4O12/c1-51(2)25-6-11-30-38(18-25)62-37-17-24(48)5-10-29(37)41(30)27-8-3-22(15-33(27)46(58)59)44(55)50-21-40(54)49-20-35-36(53)14-13-32-42(31-12-7-26(52)19-39(31)63-43(32)35)28-9-4-23(45(56)57)16-34(28)47(60)61/h3-4,6-9,11-16,18-19,37,48,53H,5,10,17,20-21H2,1-2H3,(H,49,54)(H,50,55)(H,56,57)(H,58,59)(H,60,61). The maximum absolute atomic E-state index is 13.4. The molecule has 2 amide bonds. The van der Waals surface area contributed by atoms with Gasteiger partial charge in [0.1, 0.15) is 28.9 Å². The molecule has 0 radical (unpaired) electrons. The summed E-state index contributed by atoms with van der Waals surface area (Å²) in [5.41, 5.74) is 3.57. The van der Waals surface area contributed by atoms with Gasteiger partial charge in [0.25, 0.3) is 5.91 Å². The van der Waals surface area contributed by atoms with Gasteiger partial charge in [-0.1, -0.05) is 12.1 Å². The zero-order chi connectivity index (χ0) is 44.9. The van der Waals surface area contributed by atoms with Gasteiger partial charge in [-0.05, 0) is 95.8 Å². The van der Waals surface area contributed by atoms with E-state index >= 15 is 0 Å². The number of carbonyl (C=O) groups is 5. The lowest BCUT2D eigenvalue weighted by Gasteiger charge is -2.35. The topological polar surface area (TPSA) is 257 Å². The van der Waals surface area contributed by atoms with Gasteiger partial charge >= 0.3 is 17.9 Å². The second kappa shape index (κ2) is 16.3. The lowest BCUT2D eigenvalue weighted by Crippen LogP contribution is -2.36. The van der Waals surface area contributed by atoms with Gasteiger partial charge < -0.3 is 50.5 Å². The Morgan fingerprint density at radius 1 is 0.762 bits per heavy atom. The molecule has 4 aromatic rings. The molecule has 0 spiro atoms. The van der Waals surface area contributed by atoms with Gasteiger partial charge in [-0.25, -0.2) is 14.4 Å². The van der Waals surface area contributed by atoms with Crippen molar-refractivity contribution in [3.8, 4) is 33.9 Å². The Balaban J connectivity index is 1.06. The number of rotatable bonds is 11. The summed E-state index contributed by atoms with van der Waals surface area (Å²) in [5, 5.41) is 54.8. The highest BCUT2D eigenvalue weighted by Gasteiger charge is 2.35. The maximum atomic E-state index is 13.4. The first-order valence-corrected chi connectivity index (χ1v) is 19.6. The molecule has 1 atom stereocenters. The number of anilines is 1. The number of aromatic carboxylic acids is 3. The molecule has 2 aliphatic carbocycles. The lowest BCUT2D eigenvalue weighted by molar-refractivity contribution is -0.120. The molecule has 16 heteroatoms. The van der Waals surface area contributed by atoms with Crippen molar-refractivity contribution in [3.05, 3.63) is 140 Å². The average molecular weight is 851 g/mol. The van der Waals surface area contributed by atoms with Crippen molar-refractivity contribution in [2.45, 2.75) is 31.9 Å². The second-order valence-corrected chi connectivity index (χ2v) is 15.4. The highest BCUT2D eigenvalue weighted by molar-refractivity contribution is 6.09. The summed E-state index contributed by atoms with van der Waals surface area (Å²) in [6, 6.07) is 20.2. The van der Waals surface area contributed by atoms with Crippen LogP contribution in [0.3, 0.4) is 0 Å². The van der Waals surface area contributed by atoms with E-state index in [1.54, 1.807) is 6.07 Å². The highest BCUT2D eigenvalue weighted by Crippen LogP contribution is 2.47. The molecule has 63 heavy (non-hydrogen) atoms. The molecule has 1 fully saturated rings. The molecule has 0 saturated heterocycles. The van der Waals surface area contributed by atoms with Crippen LogP contribution in [-0.4, -0.2) is 82.6 Å². The van der Waals surface area contributed by atoms with E-state index in [0.29, 0.717) is 53.0 Å². The van der Waals surface area contributed by atoms with Crippen molar-refractivity contribution in [2.24, 2.45) is 0 Å². The molecule has 4 aromatic carbocycles. The molecule has 1 unspecified atom stereocenters. The van der Waals surface area contributed by atoms with E-state index in [1.165, 1.54) is 54.6 Å². The lowest BCUT2D eigenvalue weighted by atomic mass is 9.79. The van der Waals surface area contributed by atoms with Gasteiger partial charge in [-0.15, -0.1) is 0 Å². The molecule has 0 aromatic heterocycles. The number of amides is 2. The quantitative estimate of drug-likeness (QED) is 0.0713. The Kier molecular flexibility index (Phi) is 10.7. The Labute approximate surface area is 357 Å². The van der Waals surface area contributed by atoms with E-state index < -0.39 is 47.8 Å². The largest absolute Gasteiger partial charge is 0.507 e. The van der Waals surface area contributed by atoms with E-state index in [1.807, 2.05) is 37.2 Å². The number of aromatic hydroxyl groups is 1. The number of phenols is 1. The molecule has 1 saturated carbocycles. The van der Waals surface area contributed by atoms with Crippen LogP contribution in [0.2, 0.25) is 0 Å². The van der Waals surface area contributed by atoms with Gasteiger partial charge in [-0.3, -0.25) is 14.4 Å². The summed E-state index contributed by atoms with van der Waals surface area (Å²) in [6.45, 7) is -0.913. The number of ether oxygens (including phenoxy) is 1. The summed E-state index contributed by atoms with van der Waals surface area (Å²) in [7, 11) is 3.78. The van der Waals surface area contributed by atoms with E-state index in [-0.39, 0.29) is 68.0 Å². The summed E-state index contributed by atoms with van der Waals surface area (Å²) in [6.07, 6.45) is 0.917. The first-order chi connectivity index (χ1) is 30.1. The van der Waals surface area contributed by atoms with E-state index in [4.69, 9.17) is 14.6 Å². The van der Waals surface area contributed by atoms with Gasteiger partial charge in [-0.2, -0.15) is 0 Å². The molecule has 2 aliphatic heterocycles. The van der Waals surface area contributed by atoms with Crippen LogP contribution in [0.25, 0.3) is 39.0 Å². The first kappa shape index (κ1) is 41.5. The number of phenolic OH excluding ortho intramolecular Hbond substituents is 1. The molecule has 318 valence electrons. The van der Waals surface area contributed by atoms with Crippen LogP contribution in [0.15, 0.2) is 99.7 Å². The van der Waals surface area contributed by atoms with Crippen molar-refractivity contribution >= 4 is 57.7 Å². The van der Waals surface area contributed by atoms with Crippen LogP contribution in [0.4, 0.5) is 5.69 Å². The second-order valence-electron chi connectivity index (χ2n) is 15.4. The van der Waals surface area contributed by atoms with Gasteiger partial charge in [0.2, 0.25) is 5.91 Å². The van der Waals surface area contributed by atoms with E-state index in [0.717, 1.165) is 17.3 Å². The smallest absolute Gasteiger partial charge is 0.336 e.